The molecule has 1 amide bonds. The maximum Gasteiger partial charge on any atom is 0.239 e. The van der Waals surface area contributed by atoms with E-state index >= 15 is 0 Å². The molecular formula is C13H19NO3S. The Bertz CT molecular complexity index is 501. The summed E-state index contributed by atoms with van der Waals surface area (Å²) < 4.78 is 25.6. The highest BCUT2D eigenvalue weighted by atomic mass is 32.2. The lowest BCUT2D eigenvalue weighted by molar-refractivity contribution is -0.121. The lowest BCUT2D eigenvalue weighted by Crippen LogP contribution is -2.33. The van der Waals surface area contributed by atoms with Crippen molar-refractivity contribution in [3.05, 3.63) is 35.9 Å². The van der Waals surface area contributed by atoms with Crippen LogP contribution in [0.25, 0.3) is 0 Å². The van der Waals surface area contributed by atoms with E-state index in [1.54, 1.807) is 24.3 Å². The van der Waals surface area contributed by atoms with Crippen LogP contribution >= 0.6 is 0 Å². The Morgan fingerprint density at radius 1 is 1.17 bits per heavy atom. The molecule has 0 radical (unpaired) electrons. The number of sulfonamides is 1. The predicted octanol–water partition coefficient (Wildman–Crippen LogP) is 2.07. The number of nitrogens with one attached hydrogen (secondary N) is 1. The van der Waals surface area contributed by atoms with Crippen molar-refractivity contribution in [3.63, 3.8) is 0 Å². The number of benzene rings is 1. The van der Waals surface area contributed by atoms with Crippen molar-refractivity contribution < 1.29 is 13.2 Å². The molecule has 0 unspecified atom stereocenters. The molecular weight excluding hydrogens is 250 g/mol. The van der Waals surface area contributed by atoms with Crippen LogP contribution in [0.4, 0.5) is 0 Å². The van der Waals surface area contributed by atoms with Gasteiger partial charge in [0.15, 0.2) is 0 Å². The van der Waals surface area contributed by atoms with Crippen LogP contribution in [0.3, 0.4) is 0 Å². The van der Waals surface area contributed by atoms with E-state index < -0.39 is 15.9 Å². The van der Waals surface area contributed by atoms with Crippen molar-refractivity contribution in [3.8, 4) is 0 Å². The number of carbonyl (C=O) groups is 1. The highest BCUT2D eigenvalue weighted by Crippen LogP contribution is 2.18. The lowest BCUT2D eigenvalue weighted by Gasteiger charge is -2.17. The molecule has 1 aromatic carbocycles. The first-order valence-corrected chi connectivity index (χ1v) is 7.40. The molecule has 1 rings (SSSR count). The van der Waals surface area contributed by atoms with Gasteiger partial charge >= 0.3 is 0 Å². The SMILES string of the molecule is CC(C)(C)CC(=O)NS(=O)(=O)Cc1ccccc1. The normalized spacial score (nSPS) is 12.2. The maximum absolute atomic E-state index is 11.8. The number of rotatable bonds is 4. The van der Waals surface area contributed by atoms with E-state index in [0.717, 1.165) is 0 Å². The summed E-state index contributed by atoms with van der Waals surface area (Å²) >= 11 is 0. The fourth-order valence-electron chi connectivity index (χ4n) is 1.52. The van der Waals surface area contributed by atoms with Crippen molar-refractivity contribution >= 4 is 15.9 Å². The monoisotopic (exact) mass is 269 g/mol. The minimum absolute atomic E-state index is 0.177. The number of hydrogen-bond acceptors (Lipinski definition) is 3. The fourth-order valence-corrected chi connectivity index (χ4v) is 2.64. The molecule has 0 aliphatic carbocycles. The lowest BCUT2D eigenvalue weighted by atomic mass is 9.92. The summed E-state index contributed by atoms with van der Waals surface area (Å²) in [7, 11) is -3.61. The first-order chi connectivity index (χ1) is 8.18. The number of carbonyl (C=O) groups excluding carboxylic acids is 1. The standard InChI is InChI=1S/C13H19NO3S/c1-13(2,3)9-12(15)14-18(16,17)10-11-7-5-4-6-8-11/h4-8H,9-10H2,1-3H3,(H,14,15). The fraction of sp³-hybridized carbons (Fsp3) is 0.462. The van der Waals surface area contributed by atoms with Crippen LogP contribution < -0.4 is 4.72 Å². The van der Waals surface area contributed by atoms with Gasteiger partial charge in [-0.1, -0.05) is 51.1 Å². The molecule has 0 aliphatic heterocycles. The van der Waals surface area contributed by atoms with E-state index in [1.165, 1.54) is 0 Å². The molecule has 0 spiro atoms. The van der Waals surface area contributed by atoms with E-state index in [0.29, 0.717) is 5.56 Å². The molecule has 0 saturated carbocycles. The van der Waals surface area contributed by atoms with Gasteiger partial charge in [-0.15, -0.1) is 0 Å². The summed E-state index contributed by atoms with van der Waals surface area (Å²) in [5.74, 6) is -0.637. The predicted molar refractivity (Wildman–Crippen MR) is 71.3 cm³/mol. The number of hydrogen-bond donors (Lipinski definition) is 1. The topological polar surface area (TPSA) is 63.2 Å². The molecule has 0 aliphatic rings. The molecule has 4 nitrogen and oxygen atoms in total. The van der Waals surface area contributed by atoms with Crippen molar-refractivity contribution in [2.24, 2.45) is 5.41 Å². The molecule has 1 aromatic rings. The Morgan fingerprint density at radius 2 is 1.72 bits per heavy atom. The second-order valence-corrected chi connectivity index (χ2v) is 7.23. The average Bonchev–Trinajstić information content (AvgIpc) is 2.13. The van der Waals surface area contributed by atoms with E-state index in [9.17, 15) is 13.2 Å². The average molecular weight is 269 g/mol. The zero-order chi connectivity index (χ0) is 13.8. The zero-order valence-electron chi connectivity index (χ0n) is 10.9. The van der Waals surface area contributed by atoms with Crippen molar-refractivity contribution in [2.75, 3.05) is 0 Å². The third-order valence-corrected chi connectivity index (χ3v) is 3.41. The summed E-state index contributed by atoms with van der Waals surface area (Å²) in [6.07, 6.45) is 0.182. The first kappa shape index (κ1) is 14.7. The van der Waals surface area contributed by atoms with Gasteiger partial charge in [-0.05, 0) is 11.0 Å². The summed E-state index contributed by atoms with van der Waals surface area (Å²) in [4.78, 5) is 11.6. The van der Waals surface area contributed by atoms with E-state index in [4.69, 9.17) is 0 Å². The zero-order valence-corrected chi connectivity index (χ0v) is 11.8. The minimum Gasteiger partial charge on any atom is -0.274 e. The highest BCUT2D eigenvalue weighted by Gasteiger charge is 2.20. The quantitative estimate of drug-likeness (QED) is 0.910. The molecule has 100 valence electrons. The van der Waals surface area contributed by atoms with Crippen LogP contribution in [-0.2, 0) is 20.6 Å². The summed E-state index contributed by atoms with van der Waals surface area (Å²) in [6, 6.07) is 8.78. The molecule has 1 N–H and O–H groups in total. The summed E-state index contributed by atoms with van der Waals surface area (Å²) in [5.41, 5.74) is 0.431. The van der Waals surface area contributed by atoms with Gasteiger partial charge in [-0.25, -0.2) is 8.42 Å². The summed E-state index contributed by atoms with van der Waals surface area (Å²) in [6.45, 7) is 5.66. The molecule has 0 aromatic heterocycles. The van der Waals surface area contributed by atoms with Crippen LogP contribution in [0.1, 0.15) is 32.8 Å². The van der Waals surface area contributed by atoms with Gasteiger partial charge in [0.25, 0.3) is 0 Å². The van der Waals surface area contributed by atoms with Crippen molar-refractivity contribution in [1.82, 2.24) is 4.72 Å². The molecule has 0 atom stereocenters. The van der Waals surface area contributed by atoms with Crippen molar-refractivity contribution in [2.45, 2.75) is 32.9 Å². The van der Waals surface area contributed by atoms with Gasteiger partial charge in [-0.2, -0.15) is 0 Å². The van der Waals surface area contributed by atoms with Crippen LogP contribution in [0.2, 0.25) is 0 Å². The minimum atomic E-state index is -3.61. The van der Waals surface area contributed by atoms with Gasteiger partial charge in [-0.3, -0.25) is 9.52 Å². The molecule has 0 saturated heterocycles. The van der Waals surface area contributed by atoms with Crippen molar-refractivity contribution in [1.29, 1.82) is 0 Å². The molecule has 18 heavy (non-hydrogen) atoms. The Labute approximate surface area is 108 Å². The Morgan fingerprint density at radius 3 is 2.22 bits per heavy atom. The second kappa shape index (κ2) is 5.52. The van der Waals surface area contributed by atoms with Gasteiger partial charge in [0.2, 0.25) is 15.9 Å². The Hall–Kier alpha value is -1.36. The smallest absolute Gasteiger partial charge is 0.239 e. The van der Waals surface area contributed by atoms with Crippen LogP contribution in [0.15, 0.2) is 30.3 Å². The van der Waals surface area contributed by atoms with Gasteiger partial charge < -0.3 is 0 Å². The summed E-state index contributed by atoms with van der Waals surface area (Å²) in [5, 5.41) is 0. The van der Waals surface area contributed by atoms with Gasteiger partial charge in [0.05, 0.1) is 5.75 Å². The largest absolute Gasteiger partial charge is 0.274 e. The highest BCUT2D eigenvalue weighted by molar-refractivity contribution is 7.89. The Balaban J connectivity index is 2.63. The van der Waals surface area contributed by atoms with Crippen LogP contribution in [-0.4, -0.2) is 14.3 Å². The van der Waals surface area contributed by atoms with E-state index in [2.05, 4.69) is 4.72 Å². The Kier molecular flexibility index (Phi) is 4.51. The van der Waals surface area contributed by atoms with Crippen LogP contribution in [0, 0.1) is 5.41 Å². The second-order valence-electron chi connectivity index (χ2n) is 5.51. The number of amides is 1. The molecule has 0 fully saturated rings. The third-order valence-electron chi connectivity index (χ3n) is 2.16. The maximum atomic E-state index is 11.8. The molecule has 0 heterocycles. The molecule has 5 heteroatoms. The van der Waals surface area contributed by atoms with E-state index in [1.807, 2.05) is 26.8 Å². The third kappa shape index (κ3) is 5.82. The molecule has 0 bridgehead atoms. The van der Waals surface area contributed by atoms with E-state index in [-0.39, 0.29) is 17.6 Å². The van der Waals surface area contributed by atoms with Gasteiger partial charge in [0, 0.05) is 6.42 Å². The van der Waals surface area contributed by atoms with Gasteiger partial charge in [0.1, 0.15) is 0 Å². The first-order valence-electron chi connectivity index (χ1n) is 5.75. The van der Waals surface area contributed by atoms with Crippen LogP contribution in [0.5, 0.6) is 0 Å².